The molecule has 0 fully saturated rings. The zero-order chi connectivity index (χ0) is 15.0. The Morgan fingerprint density at radius 3 is 2.76 bits per heavy atom. The Bertz CT molecular complexity index is 709. The number of ether oxygens (including phenoxy) is 2. The molecule has 4 heteroatoms. The quantitative estimate of drug-likeness (QED) is 0.826. The van der Waals surface area contributed by atoms with Crippen molar-refractivity contribution in [3.63, 3.8) is 0 Å². The minimum atomic E-state index is -0.310. The molecule has 0 amide bonds. The summed E-state index contributed by atoms with van der Waals surface area (Å²) in [6.45, 7) is 1.94. The highest BCUT2D eigenvalue weighted by molar-refractivity contribution is 6.31. The van der Waals surface area contributed by atoms with Crippen LogP contribution in [0.4, 0.5) is 0 Å². The molecule has 2 aromatic rings. The molecule has 1 aliphatic rings. The zero-order valence-corrected chi connectivity index (χ0v) is 12.6. The van der Waals surface area contributed by atoms with E-state index in [9.17, 15) is 4.79 Å². The normalized spacial score (nSPS) is 17.1. The Balaban J connectivity index is 1.96. The van der Waals surface area contributed by atoms with E-state index < -0.39 is 0 Å². The number of Topliss-reactive ketones (excluding diaryl/α,β-unsaturated/α-hetero) is 1. The molecule has 1 aliphatic heterocycles. The number of rotatable bonds is 2. The van der Waals surface area contributed by atoms with E-state index >= 15 is 0 Å². The Kier molecular flexibility index (Phi) is 3.60. The van der Waals surface area contributed by atoms with Crippen LogP contribution in [0.5, 0.6) is 11.5 Å². The zero-order valence-electron chi connectivity index (χ0n) is 11.9. The molecule has 0 saturated carbocycles. The van der Waals surface area contributed by atoms with Crippen LogP contribution in [-0.2, 0) is 0 Å². The van der Waals surface area contributed by atoms with Gasteiger partial charge in [0.2, 0.25) is 0 Å². The Morgan fingerprint density at radius 2 is 2.05 bits per heavy atom. The standard InChI is InChI=1S/C17H15ClO3/c1-10-3-4-11(7-14(10)18)16-9-15(19)13-6-5-12(20-2)8-17(13)21-16/h3-8,16H,9H2,1-2H3. The summed E-state index contributed by atoms with van der Waals surface area (Å²) in [6, 6.07) is 11.0. The fourth-order valence-electron chi connectivity index (χ4n) is 2.43. The van der Waals surface area contributed by atoms with Crippen LogP contribution in [0, 0.1) is 6.92 Å². The van der Waals surface area contributed by atoms with Crippen molar-refractivity contribution in [1.29, 1.82) is 0 Å². The van der Waals surface area contributed by atoms with Gasteiger partial charge in [0.15, 0.2) is 5.78 Å². The minimum absolute atomic E-state index is 0.0700. The van der Waals surface area contributed by atoms with E-state index in [4.69, 9.17) is 21.1 Å². The van der Waals surface area contributed by atoms with Crippen LogP contribution < -0.4 is 9.47 Å². The Hall–Kier alpha value is -2.00. The summed E-state index contributed by atoms with van der Waals surface area (Å²) in [5.41, 5.74) is 2.52. The van der Waals surface area contributed by atoms with Gasteiger partial charge in [0.1, 0.15) is 17.6 Å². The molecule has 3 rings (SSSR count). The van der Waals surface area contributed by atoms with Crippen molar-refractivity contribution in [2.24, 2.45) is 0 Å². The molecule has 1 unspecified atom stereocenters. The number of halogens is 1. The Morgan fingerprint density at radius 1 is 1.24 bits per heavy atom. The molecular formula is C17H15ClO3. The van der Waals surface area contributed by atoms with Crippen molar-refractivity contribution >= 4 is 17.4 Å². The average Bonchev–Trinajstić information content (AvgIpc) is 2.49. The number of carbonyl (C=O) groups excluding carboxylic acids is 1. The first-order chi connectivity index (χ1) is 10.1. The van der Waals surface area contributed by atoms with Crippen molar-refractivity contribution in [2.75, 3.05) is 7.11 Å². The van der Waals surface area contributed by atoms with Gasteiger partial charge in [-0.05, 0) is 36.2 Å². The fraction of sp³-hybridized carbons (Fsp3) is 0.235. The van der Waals surface area contributed by atoms with Gasteiger partial charge in [-0.25, -0.2) is 0 Å². The number of benzene rings is 2. The summed E-state index contributed by atoms with van der Waals surface area (Å²) in [6.07, 6.45) is 0.00818. The molecule has 108 valence electrons. The molecule has 1 atom stereocenters. The van der Waals surface area contributed by atoms with Crippen LogP contribution in [0.15, 0.2) is 36.4 Å². The van der Waals surface area contributed by atoms with Gasteiger partial charge in [-0.1, -0.05) is 23.7 Å². The van der Waals surface area contributed by atoms with Crippen LogP contribution in [0.25, 0.3) is 0 Å². The second-order valence-electron chi connectivity index (χ2n) is 5.10. The van der Waals surface area contributed by atoms with Gasteiger partial charge < -0.3 is 9.47 Å². The summed E-state index contributed by atoms with van der Waals surface area (Å²) in [7, 11) is 1.59. The number of hydrogen-bond acceptors (Lipinski definition) is 3. The van der Waals surface area contributed by atoms with E-state index in [0.29, 0.717) is 28.5 Å². The number of carbonyl (C=O) groups is 1. The van der Waals surface area contributed by atoms with Gasteiger partial charge >= 0.3 is 0 Å². The maximum absolute atomic E-state index is 12.3. The molecule has 0 spiro atoms. The van der Waals surface area contributed by atoms with E-state index in [-0.39, 0.29) is 11.9 Å². The molecule has 0 aliphatic carbocycles. The van der Waals surface area contributed by atoms with Crippen LogP contribution in [0.1, 0.15) is 34.0 Å². The third kappa shape index (κ3) is 2.61. The maximum Gasteiger partial charge on any atom is 0.170 e. The highest BCUT2D eigenvalue weighted by Crippen LogP contribution is 2.37. The van der Waals surface area contributed by atoms with Crippen LogP contribution in [0.2, 0.25) is 5.02 Å². The van der Waals surface area contributed by atoms with Crippen molar-refractivity contribution in [3.05, 3.63) is 58.1 Å². The lowest BCUT2D eigenvalue weighted by molar-refractivity contribution is 0.0849. The van der Waals surface area contributed by atoms with Crippen molar-refractivity contribution < 1.29 is 14.3 Å². The topological polar surface area (TPSA) is 35.5 Å². The number of hydrogen-bond donors (Lipinski definition) is 0. The van der Waals surface area contributed by atoms with Gasteiger partial charge in [-0.15, -0.1) is 0 Å². The highest BCUT2D eigenvalue weighted by atomic mass is 35.5. The first kappa shape index (κ1) is 14.0. The summed E-state index contributed by atoms with van der Waals surface area (Å²) in [5, 5.41) is 0.681. The summed E-state index contributed by atoms with van der Waals surface area (Å²) >= 11 is 6.16. The predicted octanol–water partition coefficient (Wildman–Crippen LogP) is 4.36. The first-order valence-corrected chi connectivity index (χ1v) is 7.10. The number of fused-ring (bicyclic) bond motifs is 1. The Labute approximate surface area is 128 Å². The van der Waals surface area contributed by atoms with Crippen molar-refractivity contribution in [1.82, 2.24) is 0 Å². The average molecular weight is 303 g/mol. The van der Waals surface area contributed by atoms with Crippen LogP contribution in [0.3, 0.4) is 0 Å². The predicted molar refractivity (Wildman–Crippen MR) is 81.5 cm³/mol. The number of methoxy groups -OCH3 is 1. The second-order valence-corrected chi connectivity index (χ2v) is 5.51. The molecule has 3 nitrogen and oxygen atoms in total. The molecular weight excluding hydrogens is 288 g/mol. The van der Waals surface area contributed by atoms with Gasteiger partial charge in [0.05, 0.1) is 19.1 Å². The van der Waals surface area contributed by atoms with Crippen LogP contribution >= 0.6 is 11.6 Å². The van der Waals surface area contributed by atoms with E-state index in [2.05, 4.69) is 0 Å². The molecule has 0 N–H and O–H groups in total. The highest BCUT2D eigenvalue weighted by Gasteiger charge is 2.28. The molecule has 21 heavy (non-hydrogen) atoms. The monoisotopic (exact) mass is 302 g/mol. The SMILES string of the molecule is COc1ccc2c(c1)OC(c1ccc(C)c(Cl)c1)CC2=O. The third-order valence-corrected chi connectivity index (χ3v) is 4.10. The molecule has 0 saturated heterocycles. The van der Waals surface area contributed by atoms with E-state index in [0.717, 1.165) is 11.1 Å². The van der Waals surface area contributed by atoms with Gasteiger partial charge in [-0.2, -0.15) is 0 Å². The summed E-state index contributed by atoms with van der Waals surface area (Å²) in [5.74, 6) is 1.30. The minimum Gasteiger partial charge on any atom is -0.497 e. The second kappa shape index (κ2) is 5.41. The van der Waals surface area contributed by atoms with Gasteiger partial charge in [0.25, 0.3) is 0 Å². The van der Waals surface area contributed by atoms with Crippen molar-refractivity contribution in [2.45, 2.75) is 19.4 Å². The third-order valence-electron chi connectivity index (χ3n) is 3.70. The number of ketones is 1. The summed E-state index contributed by atoms with van der Waals surface area (Å²) in [4.78, 5) is 12.3. The largest absolute Gasteiger partial charge is 0.497 e. The lowest BCUT2D eigenvalue weighted by Crippen LogP contribution is -2.20. The van der Waals surface area contributed by atoms with E-state index in [1.807, 2.05) is 25.1 Å². The first-order valence-electron chi connectivity index (χ1n) is 6.72. The van der Waals surface area contributed by atoms with E-state index in [1.165, 1.54) is 0 Å². The van der Waals surface area contributed by atoms with Crippen LogP contribution in [-0.4, -0.2) is 12.9 Å². The lowest BCUT2D eigenvalue weighted by atomic mass is 9.96. The maximum atomic E-state index is 12.3. The van der Waals surface area contributed by atoms with Gasteiger partial charge in [-0.3, -0.25) is 4.79 Å². The fourth-order valence-corrected chi connectivity index (χ4v) is 2.62. The number of aryl methyl sites for hydroxylation is 1. The van der Waals surface area contributed by atoms with Gasteiger partial charge in [0, 0.05) is 11.1 Å². The lowest BCUT2D eigenvalue weighted by Gasteiger charge is -2.26. The van der Waals surface area contributed by atoms with E-state index in [1.54, 1.807) is 25.3 Å². The van der Waals surface area contributed by atoms with Crippen molar-refractivity contribution in [3.8, 4) is 11.5 Å². The molecule has 2 aromatic carbocycles. The molecule has 1 heterocycles. The summed E-state index contributed by atoms with van der Waals surface area (Å²) < 4.78 is 11.1. The molecule has 0 radical (unpaired) electrons. The molecule has 0 bridgehead atoms. The smallest absolute Gasteiger partial charge is 0.170 e. The molecule has 0 aromatic heterocycles.